The van der Waals surface area contributed by atoms with Crippen molar-refractivity contribution in [3.63, 3.8) is 0 Å². The first kappa shape index (κ1) is 17.0. The van der Waals surface area contributed by atoms with Crippen molar-refractivity contribution in [2.24, 2.45) is 0 Å². The van der Waals surface area contributed by atoms with Crippen LogP contribution < -0.4 is 15.0 Å². The normalized spacial score (nSPS) is 10.3. The van der Waals surface area contributed by atoms with Crippen molar-refractivity contribution in [2.75, 3.05) is 38.8 Å². The Labute approximate surface area is 136 Å². The molecule has 0 saturated carbocycles. The summed E-state index contributed by atoms with van der Waals surface area (Å²) >= 11 is 0. The largest absolute Gasteiger partial charge is 0.457 e. The average Bonchev–Trinajstić information content (AvgIpc) is 2.59. The highest BCUT2D eigenvalue weighted by atomic mass is 16.5. The SMILES string of the molecule is COCCNCC(=O)N(C)c1ccc(Oc2ccccc2)cc1. The minimum Gasteiger partial charge on any atom is -0.457 e. The van der Waals surface area contributed by atoms with Crippen LogP contribution in [0.3, 0.4) is 0 Å². The summed E-state index contributed by atoms with van der Waals surface area (Å²) in [5, 5.41) is 3.04. The van der Waals surface area contributed by atoms with Crippen molar-refractivity contribution in [3.8, 4) is 11.5 Å². The van der Waals surface area contributed by atoms with E-state index in [2.05, 4.69) is 5.32 Å². The molecule has 1 amide bonds. The zero-order valence-corrected chi connectivity index (χ0v) is 13.5. The molecule has 0 bridgehead atoms. The summed E-state index contributed by atoms with van der Waals surface area (Å²) in [4.78, 5) is 13.7. The number of amides is 1. The maximum Gasteiger partial charge on any atom is 0.240 e. The second kappa shape index (κ2) is 8.92. The summed E-state index contributed by atoms with van der Waals surface area (Å²) in [6.45, 7) is 1.52. The molecule has 0 heterocycles. The lowest BCUT2D eigenvalue weighted by molar-refractivity contribution is -0.117. The fourth-order valence-corrected chi connectivity index (χ4v) is 1.99. The molecule has 0 aromatic heterocycles. The number of nitrogens with one attached hydrogen (secondary N) is 1. The van der Waals surface area contributed by atoms with E-state index in [0.29, 0.717) is 13.2 Å². The molecule has 0 fully saturated rings. The van der Waals surface area contributed by atoms with Gasteiger partial charge in [0.1, 0.15) is 11.5 Å². The van der Waals surface area contributed by atoms with Crippen molar-refractivity contribution in [3.05, 3.63) is 54.6 Å². The third-order valence-electron chi connectivity index (χ3n) is 3.34. The topological polar surface area (TPSA) is 50.8 Å². The minimum absolute atomic E-state index is 0.00201. The number of hydrogen-bond donors (Lipinski definition) is 1. The number of methoxy groups -OCH3 is 1. The number of nitrogens with zero attached hydrogens (tertiary/aromatic N) is 1. The zero-order chi connectivity index (χ0) is 16.5. The van der Waals surface area contributed by atoms with Gasteiger partial charge in [0, 0.05) is 26.4 Å². The van der Waals surface area contributed by atoms with Gasteiger partial charge in [-0.15, -0.1) is 0 Å². The first-order valence-corrected chi connectivity index (χ1v) is 7.50. The molecule has 0 saturated heterocycles. The first-order valence-electron chi connectivity index (χ1n) is 7.50. The van der Waals surface area contributed by atoms with Crippen LogP contribution in [0.15, 0.2) is 54.6 Å². The molecule has 0 aliphatic heterocycles. The molecule has 0 unspecified atom stereocenters. The number of carbonyl (C=O) groups is 1. The van der Waals surface area contributed by atoms with Crippen LogP contribution in [0.4, 0.5) is 5.69 Å². The Hall–Kier alpha value is -2.37. The van der Waals surface area contributed by atoms with Crippen LogP contribution in [0.2, 0.25) is 0 Å². The summed E-state index contributed by atoms with van der Waals surface area (Å²) in [6.07, 6.45) is 0. The molecule has 122 valence electrons. The maximum absolute atomic E-state index is 12.1. The van der Waals surface area contributed by atoms with Gasteiger partial charge < -0.3 is 19.7 Å². The number of likely N-dealkylation sites (N-methyl/N-ethyl adjacent to an activating group) is 1. The highest BCUT2D eigenvalue weighted by molar-refractivity contribution is 5.94. The number of ether oxygens (including phenoxy) is 2. The number of anilines is 1. The predicted octanol–water partition coefficient (Wildman–Crippen LogP) is 2.68. The van der Waals surface area contributed by atoms with E-state index in [1.54, 1.807) is 19.1 Å². The van der Waals surface area contributed by atoms with E-state index in [-0.39, 0.29) is 12.5 Å². The molecule has 5 nitrogen and oxygen atoms in total. The number of benzene rings is 2. The molecule has 0 aliphatic rings. The smallest absolute Gasteiger partial charge is 0.240 e. The van der Waals surface area contributed by atoms with Gasteiger partial charge >= 0.3 is 0 Å². The first-order chi connectivity index (χ1) is 11.2. The number of rotatable bonds is 8. The minimum atomic E-state index is -0.00201. The molecule has 23 heavy (non-hydrogen) atoms. The molecule has 5 heteroatoms. The Kier molecular flexibility index (Phi) is 6.59. The molecular formula is C18H22N2O3. The maximum atomic E-state index is 12.1. The molecule has 2 aromatic rings. The van der Waals surface area contributed by atoms with E-state index in [0.717, 1.165) is 17.2 Å². The van der Waals surface area contributed by atoms with Gasteiger partial charge in [0.05, 0.1) is 13.2 Å². The Balaban J connectivity index is 1.89. The van der Waals surface area contributed by atoms with Crippen molar-refractivity contribution in [1.82, 2.24) is 5.32 Å². The molecule has 0 aliphatic carbocycles. The van der Waals surface area contributed by atoms with E-state index < -0.39 is 0 Å². The molecule has 0 radical (unpaired) electrons. The Morgan fingerprint density at radius 3 is 2.35 bits per heavy atom. The quantitative estimate of drug-likeness (QED) is 0.761. The third-order valence-corrected chi connectivity index (χ3v) is 3.34. The van der Waals surface area contributed by atoms with Crippen LogP contribution in [-0.2, 0) is 9.53 Å². The summed E-state index contributed by atoms with van der Waals surface area (Å²) in [5.41, 5.74) is 0.823. The highest BCUT2D eigenvalue weighted by Gasteiger charge is 2.10. The van der Waals surface area contributed by atoms with Gasteiger partial charge in [-0.25, -0.2) is 0 Å². The van der Waals surface area contributed by atoms with Gasteiger partial charge in [-0.1, -0.05) is 18.2 Å². The summed E-state index contributed by atoms with van der Waals surface area (Å²) in [5.74, 6) is 1.52. The number of hydrogen-bond acceptors (Lipinski definition) is 4. The highest BCUT2D eigenvalue weighted by Crippen LogP contribution is 2.23. The zero-order valence-electron chi connectivity index (χ0n) is 13.5. The van der Waals surface area contributed by atoms with Gasteiger partial charge in [-0.2, -0.15) is 0 Å². The van der Waals surface area contributed by atoms with Crippen molar-refractivity contribution in [2.45, 2.75) is 0 Å². The predicted molar refractivity (Wildman–Crippen MR) is 91.1 cm³/mol. The van der Waals surface area contributed by atoms with E-state index in [1.807, 2.05) is 54.6 Å². The fourth-order valence-electron chi connectivity index (χ4n) is 1.99. The van der Waals surface area contributed by atoms with Crippen LogP contribution in [-0.4, -0.2) is 39.8 Å². The third kappa shape index (κ3) is 5.39. The van der Waals surface area contributed by atoms with Crippen molar-refractivity contribution >= 4 is 11.6 Å². The van der Waals surface area contributed by atoms with Crippen LogP contribution in [0, 0.1) is 0 Å². The summed E-state index contributed by atoms with van der Waals surface area (Å²) in [6, 6.07) is 17.0. The van der Waals surface area contributed by atoms with Gasteiger partial charge in [0.25, 0.3) is 0 Å². The second-order valence-corrected chi connectivity index (χ2v) is 5.03. The lowest BCUT2D eigenvalue weighted by atomic mass is 10.2. The molecule has 1 N–H and O–H groups in total. The Bertz CT molecular complexity index is 599. The molecule has 0 spiro atoms. The van der Waals surface area contributed by atoms with Crippen LogP contribution in [0.1, 0.15) is 0 Å². The fraction of sp³-hybridized carbons (Fsp3) is 0.278. The van der Waals surface area contributed by atoms with Gasteiger partial charge in [-0.3, -0.25) is 4.79 Å². The van der Waals surface area contributed by atoms with Crippen LogP contribution in [0.25, 0.3) is 0 Å². The molecular weight excluding hydrogens is 292 g/mol. The molecule has 2 aromatic carbocycles. The van der Waals surface area contributed by atoms with Crippen molar-refractivity contribution in [1.29, 1.82) is 0 Å². The monoisotopic (exact) mass is 314 g/mol. The molecule has 2 rings (SSSR count). The van der Waals surface area contributed by atoms with E-state index in [9.17, 15) is 4.79 Å². The van der Waals surface area contributed by atoms with Gasteiger partial charge in [-0.05, 0) is 36.4 Å². The molecule has 0 atom stereocenters. The standard InChI is InChI=1S/C18H22N2O3/c1-20(18(21)14-19-12-13-22-2)15-8-10-17(11-9-15)23-16-6-4-3-5-7-16/h3-11,19H,12-14H2,1-2H3. The van der Waals surface area contributed by atoms with E-state index in [4.69, 9.17) is 9.47 Å². The summed E-state index contributed by atoms with van der Waals surface area (Å²) < 4.78 is 10.7. The van der Waals surface area contributed by atoms with E-state index >= 15 is 0 Å². The van der Waals surface area contributed by atoms with Crippen molar-refractivity contribution < 1.29 is 14.3 Å². The Morgan fingerprint density at radius 1 is 1.04 bits per heavy atom. The lowest BCUT2D eigenvalue weighted by Crippen LogP contribution is -2.36. The van der Waals surface area contributed by atoms with Gasteiger partial charge in [0.2, 0.25) is 5.91 Å². The van der Waals surface area contributed by atoms with Crippen LogP contribution in [0.5, 0.6) is 11.5 Å². The number of para-hydroxylation sites is 1. The lowest BCUT2D eigenvalue weighted by Gasteiger charge is -2.18. The summed E-state index contributed by atoms with van der Waals surface area (Å²) in [7, 11) is 3.39. The second-order valence-electron chi connectivity index (χ2n) is 5.03. The van der Waals surface area contributed by atoms with Crippen LogP contribution >= 0.6 is 0 Å². The van der Waals surface area contributed by atoms with Gasteiger partial charge in [0.15, 0.2) is 0 Å². The number of carbonyl (C=O) groups excluding carboxylic acids is 1. The van der Waals surface area contributed by atoms with E-state index in [1.165, 1.54) is 0 Å². The average molecular weight is 314 g/mol. The Morgan fingerprint density at radius 2 is 1.70 bits per heavy atom.